The molecule has 0 bridgehead atoms. The SMILES string of the molecule is COCCN1CCC(C)CC1C(=O)O. The van der Waals surface area contributed by atoms with Gasteiger partial charge in [-0.15, -0.1) is 0 Å². The van der Waals surface area contributed by atoms with Gasteiger partial charge in [-0.05, 0) is 25.3 Å². The zero-order valence-corrected chi connectivity index (χ0v) is 8.90. The lowest BCUT2D eigenvalue weighted by Gasteiger charge is -2.35. The molecule has 1 aliphatic rings. The second-order valence-corrected chi connectivity index (χ2v) is 4.01. The first kappa shape index (κ1) is 11.5. The molecule has 1 saturated heterocycles. The van der Waals surface area contributed by atoms with E-state index in [1.807, 2.05) is 4.90 Å². The van der Waals surface area contributed by atoms with Gasteiger partial charge >= 0.3 is 5.97 Å². The molecule has 0 aromatic rings. The second-order valence-electron chi connectivity index (χ2n) is 4.01. The third kappa shape index (κ3) is 2.96. The molecule has 14 heavy (non-hydrogen) atoms. The molecule has 2 atom stereocenters. The van der Waals surface area contributed by atoms with E-state index in [0.717, 1.165) is 25.9 Å². The van der Waals surface area contributed by atoms with E-state index >= 15 is 0 Å². The van der Waals surface area contributed by atoms with Crippen LogP contribution < -0.4 is 0 Å². The minimum Gasteiger partial charge on any atom is -0.480 e. The van der Waals surface area contributed by atoms with Crippen LogP contribution in [0.15, 0.2) is 0 Å². The van der Waals surface area contributed by atoms with Gasteiger partial charge in [-0.3, -0.25) is 9.69 Å². The van der Waals surface area contributed by atoms with Gasteiger partial charge in [-0.2, -0.15) is 0 Å². The Kier molecular flexibility index (Phi) is 4.35. The molecule has 1 aliphatic heterocycles. The first-order valence-electron chi connectivity index (χ1n) is 5.11. The molecule has 82 valence electrons. The highest BCUT2D eigenvalue weighted by atomic mass is 16.5. The van der Waals surface area contributed by atoms with E-state index in [-0.39, 0.29) is 6.04 Å². The molecule has 0 amide bonds. The topological polar surface area (TPSA) is 49.8 Å². The summed E-state index contributed by atoms with van der Waals surface area (Å²) in [5, 5.41) is 9.04. The molecule has 4 heteroatoms. The fourth-order valence-electron chi connectivity index (χ4n) is 1.92. The summed E-state index contributed by atoms with van der Waals surface area (Å²) in [6.07, 6.45) is 1.85. The van der Waals surface area contributed by atoms with Crippen LogP contribution in [-0.4, -0.2) is 48.8 Å². The molecule has 1 heterocycles. The maximum absolute atomic E-state index is 11.0. The largest absolute Gasteiger partial charge is 0.480 e. The second kappa shape index (κ2) is 5.32. The zero-order valence-electron chi connectivity index (χ0n) is 8.90. The van der Waals surface area contributed by atoms with Crippen molar-refractivity contribution in [3.8, 4) is 0 Å². The standard InChI is InChI=1S/C10H19NO3/c1-8-3-4-11(5-6-14-2)9(7-8)10(12)13/h8-9H,3-7H2,1-2H3,(H,12,13). The van der Waals surface area contributed by atoms with Gasteiger partial charge < -0.3 is 9.84 Å². The number of hydrogen-bond acceptors (Lipinski definition) is 3. The Hall–Kier alpha value is -0.610. The monoisotopic (exact) mass is 201 g/mol. The number of rotatable bonds is 4. The number of hydrogen-bond donors (Lipinski definition) is 1. The summed E-state index contributed by atoms with van der Waals surface area (Å²) >= 11 is 0. The van der Waals surface area contributed by atoms with Crippen molar-refractivity contribution < 1.29 is 14.6 Å². The lowest BCUT2D eigenvalue weighted by atomic mass is 9.92. The van der Waals surface area contributed by atoms with E-state index in [1.165, 1.54) is 0 Å². The quantitative estimate of drug-likeness (QED) is 0.731. The molecular formula is C10H19NO3. The summed E-state index contributed by atoms with van der Waals surface area (Å²) in [5.74, 6) is -0.178. The molecule has 0 aliphatic carbocycles. The molecular weight excluding hydrogens is 182 g/mol. The summed E-state index contributed by atoms with van der Waals surface area (Å²) in [5.41, 5.74) is 0. The number of carboxylic acids is 1. The highest BCUT2D eigenvalue weighted by Gasteiger charge is 2.30. The van der Waals surface area contributed by atoms with Crippen LogP contribution in [-0.2, 0) is 9.53 Å². The van der Waals surface area contributed by atoms with Crippen LogP contribution in [0.5, 0.6) is 0 Å². The molecule has 2 unspecified atom stereocenters. The predicted octanol–water partition coefficient (Wildman–Crippen LogP) is 0.818. The highest BCUT2D eigenvalue weighted by Crippen LogP contribution is 2.22. The van der Waals surface area contributed by atoms with Gasteiger partial charge in [0.2, 0.25) is 0 Å². The van der Waals surface area contributed by atoms with Crippen LogP contribution in [0.4, 0.5) is 0 Å². The van der Waals surface area contributed by atoms with E-state index in [4.69, 9.17) is 9.84 Å². The average Bonchev–Trinajstić information content (AvgIpc) is 2.15. The fraction of sp³-hybridized carbons (Fsp3) is 0.900. The predicted molar refractivity (Wildman–Crippen MR) is 53.3 cm³/mol. The zero-order chi connectivity index (χ0) is 10.6. The first-order chi connectivity index (χ1) is 6.65. The number of carboxylic acid groups (broad SMARTS) is 1. The number of likely N-dealkylation sites (tertiary alicyclic amines) is 1. The lowest BCUT2D eigenvalue weighted by Crippen LogP contribution is -2.47. The highest BCUT2D eigenvalue weighted by molar-refractivity contribution is 5.73. The van der Waals surface area contributed by atoms with Gasteiger partial charge in [0.05, 0.1) is 6.61 Å². The molecule has 1 fully saturated rings. The Morgan fingerprint density at radius 3 is 2.93 bits per heavy atom. The van der Waals surface area contributed by atoms with Crippen molar-refractivity contribution in [1.29, 1.82) is 0 Å². The van der Waals surface area contributed by atoms with E-state index in [2.05, 4.69) is 6.92 Å². The number of piperidine rings is 1. The minimum absolute atomic E-state index is 0.311. The van der Waals surface area contributed by atoms with Crippen LogP contribution in [0.2, 0.25) is 0 Å². The molecule has 1 N–H and O–H groups in total. The molecule has 1 rings (SSSR count). The maximum atomic E-state index is 11.0. The van der Waals surface area contributed by atoms with Gasteiger partial charge in [0, 0.05) is 13.7 Å². The molecule has 4 nitrogen and oxygen atoms in total. The Morgan fingerprint density at radius 1 is 1.64 bits per heavy atom. The van der Waals surface area contributed by atoms with E-state index < -0.39 is 5.97 Å². The van der Waals surface area contributed by atoms with E-state index in [9.17, 15) is 4.79 Å². The third-order valence-electron chi connectivity index (χ3n) is 2.84. The van der Waals surface area contributed by atoms with Gasteiger partial charge in [0.1, 0.15) is 6.04 Å². The van der Waals surface area contributed by atoms with Crippen molar-refractivity contribution >= 4 is 5.97 Å². The van der Waals surface area contributed by atoms with Crippen LogP contribution in [0, 0.1) is 5.92 Å². The van der Waals surface area contributed by atoms with E-state index in [0.29, 0.717) is 12.5 Å². The molecule has 0 spiro atoms. The van der Waals surface area contributed by atoms with Crippen molar-refractivity contribution in [2.75, 3.05) is 26.8 Å². The van der Waals surface area contributed by atoms with Crippen LogP contribution in [0.3, 0.4) is 0 Å². The first-order valence-corrected chi connectivity index (χ1v) is 5.11. The summed E-state index contributed by atoms with van der Waals surface area (Å²) in [6.45, 7) is 4.32. The number of nitrogens with zero attached hydrogens (tertiary/aromatic N) is 1. The van der Waals surface area contributed by atoms with Crippen molar-refractivity contribution in [2.45, 2.75) is 25.8 Å². The number of ether oxygens (including phenoxy) is 1. The summed E-state index contributed by atoms with van der Waals surface area (Å²) in [7, 11) is 1.64. The Balaban J connectivity index is 2.49. The average molecular weight is 201 g/mol. The van der Waals surface area contributed by atoms with Crippen molar-refractivity contribution in [2.24, 2.45) is 5.92 Å². The smallest absolute Gasteiger partial charge is 0.320 e. The van der Waals surface area contributed by atoms with Crippen molar-refractivity contribution in [1.82, 2.24) is 4.90 Å². The molecule has 0 aromatic heterocycles. The number of methoxy groups -OCH3 is 1. The Morgan fingerprint density at radius 2 is 2.36 bits per heavy atom. The lowest BCUT2D eigenvalue weighted by molar-refractivity contribution is -0.145. The number of aliphatic carboxylic acids is 1. The van der Waals surface area contributed by atoms with Crippen molar-refractivity contribution in [3.05, 3.63) is 0 Å². The van der Waals surface area contributed by atoms with Gasteiger partial charge in [-0.25, -0.2) is 0 Å². The minimum atomic E-state index is -0.701. The van der Waals surface area contributed by atoms with Gasteiger partial charge in [0.15, 0.2) is 0 Å². The van der Waals surface area contributed by atoms with Crippen LogP contribution in [0.1, 0.15) is 19.8 Å². The van der Waals surface area contributed by atoms with Crippen LogP contribution >= 0.6 is 0 Å². The van der Waals surface area contributed by atoms with Gasteiger partial charge in [-0.1, -0.05) is 6.92 Å². The van der Waals surface area contributed by atoms with Crippen LogP contribution in [0.25, 0.3) is 0 Å². The molecule has 0 aromatic carbocycles. The fourth-order valence-corrected chi connectivity index (χ4v) is 1.92. The Labute approximate surface area is 84.8 Å². The number of carbonyl (C=O) groups is 1. The van der Waals surface area contributed by atoms with Crippen molar-refractivity contribution in [3.63, 3.8) is 0 Å². The summed E-state index contributed by atoms with van der Waals surface area (Å²) in [4.78, 5) is 13.0. The molecule has 0 radical (unpaired) electrons. The Bertz CT molecular complexity index is 194. The normalized spacial score (nSPS) is 29.0. The summed E-state index contributed by atoms with van der Waals surface area (Å²) in [6, 6.07) is -0.311. The molecule has 0 saturated carbocycles. The third-order valence-corrected chi connectivity index (χ3v) is 2.84. The summed E-state index contributed by atoms with van der Waals surface area (Å²) < 4.78 is 4.96. The maximum Gasteiger partial charge on any atom is 0.320 e. The van der Waals surface area contributed by atoms with E-state index in [1.54, 1.807) is 7.11 Å². The van der Waals surface area contributed by atoms with Gasteiger partial charge in [0.25, 0.3) is 0 Å².